The van der Waals surface area contributed by atoms with Crippen molar-refractivity contribution in [1.82, 2.24) is 9.62 Å². The molecule has 24 heavy (non-hydrogen) atoms. The number of nitrogens with two attached hydrogens (primary N) is 1. The number of anilines is 1. The number of likely N-dealkylation sites (tertiary alicyclic amines) is 1. The van der Waals surface area contributed by atoms with Crippen LogP contribution < -0.4 is 10.5 Å². The van der Waals surface area contributed by atoms with Gasteiger partial charge < -0.3 is 10.6 Å². The highest BCUT2D eigenvalue weighted by Crippen LogP contribution is 2.45. The van der Waals surface area contributed by atoms with Crippen molar-refractivity contribution >= 4 is 21.6 Å². The monoisotopic (exact) mass is 351 g/mol. The van der Waals surface area contributed by atoms with E-state index in [4.69, 9.17) is 5.73 Å². The summed E-state index contributed by atoms with van der Waals surface area (Å²) in [6.07, 6.45) is 2.28. The van der Waals surface area contributed by atoms with Gasteiger partial charge in [-0.05, 0) is 55.5 Å². The minimum absolute atomic E-state index is 0.229. The Bertz CT molecular complexity index is 737. The lowest BCUT2D eigenvalue weighted by atomic mass is 9.93. The van der Waals surface area contributed by atoms with Gasteiger partial charge in [-0.15, -0.1) is 0 Å². The summed E-state index contributed by atoms with van der Waals surface area (Å²) in [5.41, 5.74) is 6.65. The second-order valence-electron chi connectivity index (χ2n) is 7.86. The first kappa shape index (κ1) is 17.2. The number of hydrogen-bond donors (Lipinski definition) is 2. The Balaban J connectivity index is 1.68. The SMILES string of the molecule is CC1(C)CCN(CC2(S(=O)(=O)NC(=O)c3ccc(N)cc3)CC2)C1. The van der Waals surface area contributed by atoms with Crippen LogP contribution in [0.25, 0.3) is 0 Å². The fourth-order valence-electron chi connectivity index (χ4n) is 3.34. The third kappa shape index (κ3) is 3.42. The molecule has 0 atom stereocenters. The Morgan fingerprint density at radius 2 is 1.83 bits per heavy atom. The first-order valence-electron chi connectivity index (χ1n) is 8.27. The number of nitrogens with one attached hydrogen (secondary N) is 1. The summed E-state index contributed by atoms with van der Waals surface area (Å²) in [6.45, 7) is 6.71. The van der Waals surface area contributed by atoms with Crippen LogP contribution in [-0.2, 0) is 10.0 Å². The fourth-order valence-corrected chi connectivity index (χ4v) is 4.91. The molecule has 1 aromatic carbocycles. The van der Waals surface area contributed by atoms with Gasteiger partial charge in [-0.3, -0.25) is 4.79 Å². The van der Waals surface area contributed by atoms with Gasteiger partial charge in [0.05, 0.1) is 0 Å². The van der Waals surface area contributed by atoms with E-state index in [1.165, 1.54) is 12.1 Å². The zero-order chi connectivity index (χ0) is 17.6. The van der Waals surface area contributed by atoms with Gasteiger partial charge in [0, 0.05) is 24.3 Å². The molecular formula is C17H25N3O3S. The van der Waals surface area contributed by atoms with Crippen molar-refractivity contribution < 1.29 is 13.2 Å². The number of benzene rings is 1. The Morgan fingerprint density at radius 1 is 1.21 bits per heavy atom. The van der Waals surface area contributed by atoms with Crippen molar-refractivity contribution in [3.63, 3.8) is 0 Å². The van der Waals surface area contributed by atoms with Crippen molar-refractivity contribution in [2.45, 2.75) is 37.9 Å². The van der Waals surface area contributed by atoms with Gasteiger partial charge >= 0.3 is 0 Å². The number of hydrogen-bond acceptors (Lipinski definition) is 5. The summed E-state index contributed by atoms with van der Waals surface area (Å²) >= 11 is 0. The molecule has 0 unspecified atom stereocenters. The van der Waals surface area contributed by atoms with Crippen LogP contribution in [0.3, 0.4) is 0 Å². The number of sulfonamides is 1. The van der Waals surface area contributed by atoms with Crippen LogP contribution in [0.5, 0.6) is 0 Å². The van der Waals surface area contributed by atoms with Gasteiger partial charge in [-0.1, -0.05) is 13.8 Å². The molecule has 0 aromatic heterocycles. The number of nitrogens with zero attached hydrogens (tertiary/aromatic N) is 1. The molecule has 132 valence electrons. The van der Waals surface area contributed by atoms with Crippen molar-refractivity contribution in [2.75, 3.05) is 25.4 Å². The summed E-state index contributed by atoms with van der Waals surface area (Å²) in [4.78, 5) is 14.4. The smallest absolute Gasteiger partial charge is 0.264 e. The molecule has 2 fully saturated rings. The lowest BCUT2D eigenvalue weighted by molar-refractivity contribution is 0.0980. The molecule has 2 aliphatic rings. The van der Waals surface area contributed by atoms with E-state index < -0.39 is 20.7 Å². The van der Waals surface area contributed by atoms with E-state index in [2.05, 4.69) is 23.5 Å². The average Bonchev–Trinajstić information content (AvgIpc) is 3.19. The summed E-state index contributed by atoms with van der Waals surface area (Å²) < 4.78 is 26.9. The van der Waals surface area contributed by atoms with Crippen molar-refractivity contribution in [2.24, 2.45) is 5.41 Å². The van der Waals surface area contributed by atoms with Gasteiger partial charge in [0.1, 0.15) is 4.75 Å². The molecule has 3 rings (SSSR count). The first-order valence-corrected chi connectivity index (χ1v) is 9.76. The average molecular weight is 351 g/mol. The quantitative estimate of drug-likeness (QED) is 0.786. The highest BCUT2D eigenvalue weighted by Gasteiger charge is 2.56. The van der Waals surface area contributed by atoms with Gasteiger partial charge in [0.2, 0.25) is 10.0 Å². The maximum absolute atomic E-state index is 12.7. The largest absolute Gasteiger partial charge is 0.399 e. The van der Waals surface area contributed by atoms with Gasteiger partial charge in [0.15, 0.2) is 0 Å². The lowest BCUT2D eigenvalue weighted by Gasteiger charge is -2.25. The van der Waals surface area contributed by atoms with Gasteiger partial charge in [-0.2, -0.15) is 0 Å². The van der Waals surface area contributed by atoms with E-state index in [0.717, 1.165) is 19.5 Å². The normalized spacial score (nSPS) is 22.2. The molecule has 1 heterocycles. The number of rotatable bonds is 5. The van der Waals surface area contributed by atoms with E-state index in [9.17, 15) is 13.2 Å². The second-order valence-corrected chi connectivity index (χ2v) is 9.94. The van der Waals surface area contributed by atoms with Crippen molar-refractivity contribution in [3.05, 3.63) is 29.8 Å². The summed E-state index contributed by atoms with van der Waals surface area (Å²) in [6, 6.07) is 6.23. The molecule has 7 heteroatoms. The van der Waals surface area contributed by atoms with Gasteiger partial charge in [0.25, 0.3) is 5.91 Å². The first-order chi connectivity index (χ1) is 11.1. The minimum Gasteiger partial charge on any atom is -0.399 e. The predicted octanol–water partition coefficient (Wildman–Crippen LogP) is 1.59. The Kier molecular flexibility index (Phi) is 4.12. The lowest BCUT2D eigenvalue weighted by Crippen LogP contribution is -2.46. The Labute approximate surface area is 143 Å². The molecule has 1 amide bonds. The maximum atomic E-state index is 12.7. The number of nitrogen functional groups attached to an aromatic ring is 1. The molecule has 0 bridgehead atoms. The fraction of sp³-hybridized carbons (Fsp3) is 0.588. The molecule has 0 spiro atoms. The predicted molar refractivity (Wildman–Crippen MR) is 94.0 cm³/mol. The third-order valence-electron chi connectivity index (χ3n) is 5.05. The zero-order valence-corrected chi connectivity index (χ0v) is 15.0. The third-order valence-corrected chi connectivity index (χ3v) is 7.18. The highest BCUT2D eigenvalue weighted by atomic mass is 32.2. The highest BCUT2D eigenvalue weighted by molar-refractivity contribution is 7.91. The Morgan fingerprint density at radius 3 is 2.33 bits per heavy atom. The van der Waals surface area contributed by atoms with Crippen molar-refractivity contribution in [3.8, 4) is 0 Å². The van der Waals surface area contributed by atoms with Crippen LogP contribution in [0.15, 0.2) is 24.3 Å². The summed E-state index contributed by atoms with van der Waals surface area (Å²) in [5, 5.41) is 0. The molecular weight excluding hydrogens is 326 g/mol. The summed E-state index contributed by atoms with van der Waals surface area (Å²) in [5.74, 6) is -0.594. The molecule has 1 aliphatic carbocycles. The van der Waals surface area contributed by atoms with Crippen LogP contribution in [0.1, 0.15) is 43.5 Å². The van der Waals surface area contributed by atoms with Crippen LogP contribution in [0.4, 0.5) is 5.69 Å². The molecule has 1 saturated carbocycles. The molecule has 1 aromatic rings. The second kappa shape index (κ2) is 5.74. The van der Waals surface area contributed by atoms with Crippen molar-refractivity contribution in [1.29, 1.82) is 0 Å². The summed E-state index contributed by atoms with van der Waals surface area (Å²) in [7, 11) is -3.70. The van der Waals surface area contributed by atoms with Gasteiger partial charge in [-0.25, -0.2) is 13.1 Å². The van der Waals surface area contributed by atoms with Crippen LogP contribution in [0, 0.1) is 5.41 Å². The van der Waals surface area contributed by atoms with Crippen LogP contribution in [-0.4, -0.2) is 43.6 Å². The topological polar surface area (TPSA) is 92.5 Å². The molecule has 1 aliphatic heterocycles. The number of carbonyl (C=O) groups excluding carboxylic acids is 1. The molecule has 1 saturated heterocycles. The van der Waals surface area contributed by atoms with Crippen LogP contribution in [0.2, 0.25) is 0 Å². The number of carbonyl (C=O) groups is 1. The van der Waals surface area contributed by atoms with E-state index >= 15 is 0 Å². The zero-order valence-electron chi connectivity index (χ0n) is 14.2. The number of amides is 1. The van der Waals surface area contributed by atoms with E-state index in [1.807, 2.05) is 0 Å². The Hall–Kier alpha value is -1.60. The standard InChI is InChI=1S/C17H25N3O3S/c1-16(2)9-10-20(11-16)12-17(7-8-17)24(22,23)19-15(21)13-3-5-14(18)6-4-13/h3-6H,7-12,18H2,1-2H3,(H,19,21). The van der Waals surface area contributed by atoms with E-state index in [-0.39, 0.29) is 5.41 Å². The molecule has 6 nitrogen and oxygen atoms in total. The van der Waals surface area contributed by atoms with Crippen LogP contribution >= 0.6 is 0 Å². The van der Waals surface area contributed by atoms with E-state index in [1.54, 1.807) is 12.1 Å². The molecule has 0 radical (unpaired) electrons. The maximum Gasteiger partial charge on any atom is 0.264 e. The minimum atomic E-state index is -3.70. The molecule has 3 N–H and O–H groups in total. The van der Waals surface area contributed by atoms with E-state index in [0.29, 0.717) is 30.6 Å².